The molecule has 0 radical (unpaired) electrons. The van der Waals surface area contributed by atoms with Gasteiger partial charge in [-0.25, -0.2) is 0 Å². The Hall–Kier alpha value is -0.120. The molecule has 0 unspecified atom stereocenters. The fraction of sp³-hybridized carbons (Fsp3) is 1.00. The minimum atomic E-state index is -0.129. The van der Waals surface area contributed by atoms with Gasteiger partial charge < -0.3 is 9.84 Å². The molecule has 1 rings (SSSR count). The van der Waals surface area contributed by atoms with Crippen LogP contribution in [0, 0.1) is 5.92 Å². The summed E-state index contributed by atoms with van der Waals surface area (Å²) >= 11 is 0. The number of ether oxygens (including phenoxy) is 1. The van der Waals surface area contributed by atoms with E-state index < -0.39 is 0 Å². The van der Waals surface area contributed by atoms with E-state index in [1.807, 2.05) is 0 Å². The van der Waals surface area contributed by atoms with Crippen molar-refractivity contribution in [1.82, 2.24) is 4.90 Å². The first kappa shape index (κ1) is 12.0. The predicted octanol–water partition coefficient (Wildman–Crippen LogP) is 1.11. The Labute approximate surface area is 87.1 Å². The Bertz CT molecular complexity index is 161. The van der Waals surface area contributed by atoms with Gasteiger partial charge in [-0.15, -0.1) is 0 Å². The van der Waals surface area contributed by atoms with Crippen molar-refractivity contribution < 1.29 is 9.84 Å². The highest BCUT2D eigenvalue weighted by Crippen LogP contribution is 2.23. The molecule has 0 bridgehead atoms. The summed E-state index contributed by atoms with van der Waals surface area (Å²) in [5.74, 6) is 0.704. The summed E-state index contributed by atoms with van der Waals surface area (Å²) < 4.78 is 5.07. The van der Waals surface area contributed by atoms with Crippen LogP contribution in [0.15, 0.2) is 0 Å². The number of hydrogen-bond acceptors (Lipinski definition) is 3. The van der Waals surface area contributed by atoms with Gasteiger partial charge in [0.2, 0.25) is 0 Å². The summed E-state index contributed by atoms with van der Waals surface area (Å²) in [6, 6.07) is 0.556. The number of β-amino-alcohol motifs (C(OH)–C–C–N with tert-alkyl or cyclic N) is 1. The number of hydrogen-bond donors (Lipinski definition) is 1. The second-order valence-corrected chi connectivity index (χ2v) is 4.66. The number of rotatable bonds is 5. The van der Waals surface area contributed by atoms with Crippen molar-refractivity contribution in [2.75, 3.05) is 26.8 Å². The molecule has 1 fully saturated rings. The van der Waals surface area contributed by atoms with Crippen molar-refractivity contribution in [3.63, 3.8) is 0 Å². The van der Waals surface area contributed by atoms with Gasteiger partial charge in [-0.2, -0.15) is 0 Å². The average Bonchev–Trinajstić information content (AvgIpc) is 2.41. The molecule has 1 aliphatic rings. The van der Waals surface area contributed by atoms with Crippen molar-refractivity contribution in [1.29, 1.82) is 0 Å². The molecule has 1 aliphatic heterocycles. The van der Waals surface area contributed by atoms with Crippen LogP contribution >= 0.6 is 0 Å². The molecule has 0 spiro atoms. The molecule has 0 aromatic rings. The Morgan fingerprint density at radius 2 is 2.21 bits per heavy atom. The third kappa shape index (κ3) is 3.56. The molecule has 0 saturated carbocycles. The third-order valence-electron chi connectivity index (χ3n) is 2.83. The number of nitrogens with zero attached hydrogens (tertiary/aromatic N) is 1. The van der Waals surface area contributed by atoms with E-state index in [1.165, 1.54) is 6.42 Å². The van der Waals surface area contributed by atoms with Gasteiger partial charge in [0.05, 0.1) is 12.7 Å². The van der Waals surface area contributed by atoms with Crippen molar-refractivity contribution in [2.24, 2.45) is 5.92 Å². The SMILES string of the molecule is COCCN1C[C@@H](O)C[C@H]1CC(C)C. The van der Waals surface area contributed by atoms with Crippen LogP contribution in [0.5, 0.6) is 0 Å². The Morgan fingerprint density at radius 1 is 1.50 bits per heavy atom. The maximum Gasteiger partial charge on any atom is 0.0682 e. The van der Waals surface area contributed by atoms with Gasteiger partial charge in [-0.3, -0.25) is 4.90 Å². The lowest BCUT2D eigenvalue weighted by atomic mass is 10.0. The quantitative estimate of drug-likeness (QED) is 0.723. The number of aliphatic hydroxyl groups is 1. The molecule has 84 valence electrons. The minimum Gasteiger partial charge on any atom is -0.392 e. The standard InChI is InChI=1S/C11H23NO2/c1-9(2)6-10-7-11(13)8-12(10)4-5-14-3/h9-11,13H,4-8H2,1-3H3/t10-,11+/m1/s1. The summed E-state index contributed by atoms with van der Waals surface area (Å²) in [7, 11) is 1.73. The lowest BCUT2D eigenvalue weighted by molar-refractivity contribution is 0.125. The molecule has 0 amide bonds. The maximum absolute atomic E-state index is 9.60. The van der Waals surface area contributed by atoms with Gasteiger partial charge in [0, 0.05) is 26.2 Å². The Kier molecular flexibility index (Phi) is 4.85. The van der Waals surface area contributed by atoms with Crippen molar-refractivity contribution in [3.05, 3.63) is 0 Å². The van der Waals surface area contributed by atoms with Crippen LogP contribution in [-0.2, 0) is 4.74 Å². The first-order chi connectivity index (χ1) is 6.63. The molecule has 0 aliphatic carbocycles. The summed E-state index contributed by atoms with van der Waals surface area (Å²) in [5.41, 5.74) is 0. The normalized spacial score (nSPS) is 28.9. The number of likely N-dealkylation sites (tertiary alicyclic amines) is 1. The zero-order valence-electron chi connectivity index (χ0n) is 9.57. The molecular formula is C11H23NO2. The molecule has 0 aromatic heterocycles. The van der Waals surface area contributed by atoms with E-state index in [0.29, 0.717) is 12.0 Å². The highest BCUT2D eigenvalue weighted by atomic mass is 16.5. The zero-order valence-corrected chi connectivity index (χ0v) is 9.57. The molecule has 1 heterocycles. The van der Waals surface area contributed by atoms with Crippen LogP contribution in [0.2, 0.25) is 0 Å². The number of aliphatic hydroxyl groups excluding tert-OH is 1. The maximum atomic E-state index is 9.60. The summed E-state index contributed by atoms with van der Waals surface area (Å²) in [5, 5.41) is 9.60. The van der Waals surface area contributed by atoms with Crippen LogP contribution in [-0.4, -0.2) is 49.0 Å². The highest BCUT2D eigenvalue weighted by Gasteiger charge is 2.30. The van der Waals surface area contributed by atoms with Crippen molar-refractivity contribution >= 4 is 0 Å². The van der Waals surface area contributed by atoms with Gasteiger partial charge in [0.1, 0.15) is 0 Å². The lowest BCUT2D eigenvalue weighted by Gasteiger charge is -2.24. The molecule has 1 N–H and O–H groups in total. The smallest absolute Gasteiger partial charge is 0.0682 e. The van der Waals surface area contributed by atoms with Gasteiger partial charge in [0.25, 0.3) is 0 Å². The van der Waals surface area contributed by atoms with Crippen LogP contribution in [0.3, 0.4) is 0 Å². The van der Waals surface area contributed by atoms with Gasteiger partial charge in [-0.1, -0.05) is 13.8 Å². The molecule has 3 heteroatoms. The van der Waals surface area contributed by atoms with Crippen LogP contribution in [0.1, 0.15) is 26.7 Å². The van der Waals surface area contributed by atoms with Crippen LogP contribution < -0.4 is 0 Å². The fourth-order valence-electron chi connectivity index (χ4n) is 2.23. The molecule has 1 saturated heterocycles. The topological polar surface area (TPSA) is 32.7 Å². The van der Waals surface area contributed by atoms with E-state index in [9.17, 15) is 5.11 Å². The molecular weight excluding hydrogens is 178 g/mol. The third-order valence-corrected chi connectivity index (χ3v) is 2.83. The zero-order chi connectivity index (χ0) is 10.6. The first-order valence-corrected chi connectivity index (χ1v) is 5.54. The Balaban J connectivity index is 2.37. The monoisotopic (exact) mass is 201 g/mol. The van der Waals surface area contributed by atoms with Gasteiger partial charge in [0.15, 0.2) is 0 Å². The second kappa shape index (κ2) is 5.69. The lowest BCUT2D eigenvalue weighted by Crippen LogP contribution is -2.33. The molecule has 2 atom stereocenters. The molecule has 0 aromatic carbocycles. The predicted molar refractivity (Wildman–Crippen MR) is 57.3 cm³/mol. The van der Waals surface area contributed by atoms with E-state index in [4.69, 9.17) is 4.74 Å². The van der Waals surface area contributed by atoms with E-state index in [1.54, 1.807) is 7.11 Å². The van der Waals surface area contributed by atoms with E-state index in [0.717, 1.165) is 26.1 Å². The van der Waals surface area contributed by atoms with E-state index in [2.05, 4.69) is 18.7 Å². The Morgan fingerprint density at radius 3 is 2.79 bits per heavy atom. The second-order valence-electron chi connectivity index (χ2n) is 4.66. The first-order valence-electron chi connectivity index (χ1n) is 5.54. The summed E-state index contributed by atoms with van der Waals surface area (Å²) in [6.07, 6.45) is 1.98. The van der Waals surface area contributed by atoms with Gasteiger partial charge >= 0.3 is 0 Å². The average molecular weight is 201 g/mol. The van der Waals surface area contributed by atoms with Crippen LogP contribution in [0.25, 0.3) is 0 Å². The summed E-state index contributed by atoms with van der Waals surface area (Å²) in [6.45, 7) is 7.01. The van der Waals surface area contributed by atoms with Gasteiger partial charge in [-0.05, 0) is 18.8 Å². The fourth-order valence-corrected chi connectivity index (χ4v) is 2.23. The number of methoxy groups -OCH3 is 1. The largest absolute Gasteiger partial charge is 0.392 e. The van der Waals surface area contributed by atoms with Crippen molar-refractivity contribution in [3.8, 4) is 0 Å². The summed E-state index contributed by atoms with van der Waals surface area (Å²) in [4.78, 5) is 2.36. The van der Waals surface area contributed by atoms with Crippen molar-refractivity contribution in [2.45, 2.75) is 38.8 Å². The molecule has 3 nitrogen and oxygen atoms in total. The van der Waals surface area contributed by atoms with E-state index >= 15 is 0 Å². The minimum absolute atomic E-state index is 0.129. The van der Waals surface area contributed by atoms with Crippen LogP contribution in [0.4, 0.5) is 0 Å². The molecule has 14 heavy (non-hydrogen) atoms. The van der Waals surface area contributed by atoms with E-state index in [-0.39, 0.29) is 6.10 Å². The highest BCUT2D eigenvalue weighted by molar-refractivity contribution is 4.85.